The van der Waals surface area contributed by atoms with Crippen LogP contribution in [0.3, 0.4) is 0 Å². The van der Waals surface area contributed by atoms with Crippen molar-refractivity contribution < 1.29 is 19.5 Å². The molecule has 1 fully saturated rings. The van der Waals surface area contributed by atoms with E-state index in [4.69, 9.17) is 10.8 Å². The molecule has 0 saturated heterocycles. The zero-order valence-electron chi connectivity index (χ0n) is 11.8. The number of hydrogen-bond donors (Lipinski definition) is 3. The fourth-order valence-electron chi connectivity index (χ4n) is 2.83. The normalized spacial score (nSPS) is 21.0. The number of aliphatic carboxylic acids is 1. The highest BCUT2D eigenvalue weighted by Crippen LogP contribution is 2.33. The van der Waals surface area contributed by atoms with Gasteiger partial charge in [-0.2, -0.15) is 0 Å². The molecule has 0 aromatic heterocycles. The Kier molecular flexibility index (Phi) is 4.26. The standard InChI is InChI=1S/C15H18N2O4/c1-8-9(13(16)18)4-3-7-12(8)17-14(19)10-5-2-6-11(10)15(20)21/h3-4,7,10-11H,2,5-6H2,1H3,(H2,16,18)(H,17,19)(H,20,21). The van der Waals surface area contributed by atoms with Gasteiger partial charge in [-0.05, 0) is 37.5 Å². The van der Waals surface area contributed by atoms with Crippen LogP contribution in [0.5, 0.6) is 0 Å². The summed E-state index contributed by atoms with van der Waals surface area (Å²) >= 11 is 0. The van der Waals surface area contributed by atoms with E-state index in [0.29, 0.717) is 29.7 Å². The number of nitrogens with two attached hydrogens (primary N) is 1. The summed E-state index contributed by atoms with van der Waals surface area (Å²) in [6.07, 6.45) is 1.82. The molecule has 4 N–H and O–H groups in total. The Hall–Kier alpha value is -2.37. The van der Waals surface area contributed by atoms with Gasteiger partial charge in [0.1, 0.15) is 0 Å². The van der Waals surface area contributed by atoms with Crippen molar-refractivity contribution in [2.45, 2.75) is 26.2 Å². The minimum absolute atomic E-state index is 0.315. The second-order valence-electron chi connectivity index (χ2n) is 5.31. The van der Waals surface area contributed by atoms with Crippen LogP contribution < -0.4 is 11.1 Å². The summed E-state index contributed by atoms with van der Waals surface area (Å²) in [6.45, 7) is 1.69. The predicted octanol–water partition coefficient (Wildman–Crippen LogP) is 1.53. The number of carboxylic acids is 1. The number of amides is 2. The zero-order chi connectivity index (χ0) is 15.6. The number of carbonyl (C=O) groups excluding carboxylic acids is 2. The molecule has 1 aromatic carbocycles. The highest BCUT2D eigenvalue weighted by Gasteiger charge is 2.37. The van der Waals surface area contributed by atoms with Crippen LogP contribution in [0.15, 0.2) is 18.2 Å². The summed E-state index contributed by atoms with van der Waals surface area (Å²) in [5, 5.41) is 11.9. The van der Waals surface area contributed by atoms with Crippen LogP contribution in [0.25, 0.3) is 0 Å². The summed E-state index contributed by atoms with van der Waals surface area (Å²) in [6, 6.07) is 4.89. The first-order valence-electron chi connectivity index (χ1n) is 6.85. The molecule has 1 aromatic rings. The van der Waals surface area contributed by atoms with E-state index in [1.165, 1.54) is 0 Å². The first-order chi connectivity index (χ1) is 9.91. The number of primary amides is 1. The van der Waals surface area contributed by atoms with E-state index < -0.39 is 23.7 Å². The summed E-state index contributed by atoms with van der Waals surface area (Å²) in [4.78, 5) is 34.7. The maximum absolute atomic E-state index is 12.3. The van der Waals surface area contributed by atoms with Gasteiger partial charge < -0.3 is 16.2 Å². The molecule has 6 nitrogen and oxygen atoms in total. The average Bonchev–Trinajstić information content (AvgIpc) is 2.90. The minimum Gasteiger partial charge on any atom is -0.481 e. The van der Waals surface area contributed by atoms with Gasteiger partial charge in [-0.15, -0.1) is 0 Å². The molecule has 0 spiro atoms. The van der Waals surface area contributed by atoms with Gasteiger partial charge in [0, 0.05) is 11.3 Å². The molecule has 1 saturated carbocycles. The molecule has 0 bridgehead atoms. The van der Waals surface area contributed by atoms with Crippen molar-refractivity contribution in [2.24, 2.45) is 17.6 Å². The second kappa shape index (κ2) is 5.95. The molecule has 1 aliphatic carbocycles. The van der Waals surface area contributed by atoms with Crippen molar-refractivity contribution in [3.8, 4) is 0 Å². The van der Waals surface area contributed by atoms with Crippen molar-refractivity contribution in [3.63, 3.8) is 0 Å². The van der Waals surface area contributed by atoms with Crippen LogP contribution in [0.1, 0.15) is 35.2 Å². The monoisotopic (exact) mass is 290 g/mol. The molecule has 112 valence electrons. The number of carbonyl (C=O) groups is 3. The number of rotatable bonds is 4. The van der Waals surface area contributed by atoms with E-state index >= 15 is 0 Å². The van der Waals surface area contributed by atoms with Gasteiger partial charge in [-0.1, -0.05) is 12.5 Å². The van der Waals surface area contributed by atoms with Gasteiger partial charge in [-0.25, -0.2) is 0 Å². The number of hydrogen-bond acceptors (Lipinski definition) is 3. The third-order valence-electron chi connectivity index (χ3n) is 4.03. The number of carboxylic acid groups (broad SMARTS) is 1. The fraction of sp³-hybridized carbons (Fsp3) is 0.400. The van der Waals surface area contributed by atoms with Crippen molar-refractivity contribution in [2.75, 3.05) is 5.32 Å². The lowest BCUT2D eigenvalue weighted by molar-refractivity contribution is -0.145. The molecule has 0 radical (unpaired) electrons. The lowest BCUT2D eigenvalue weighted by Gasteiger charge is -2.17. The summed E-state index contributed by atoms with van der Waals surface area (Å²) in [5.74, 6) is -2.98. The number of anilines is 1. The topological polar surface area (TPSA) is 109 Å². The van der Waals surface area contributed by atoms with E-state index in [9.17, 15) is 14.4 Å². The molecule has 1 aliphatic rings. The van der Waals surface area contributed by atoms with E-state index in [2.05, 4.69) is 5.32 Å². The maximum atomic E-state index is 12.3. The molecule has 2 unspecified atom stereocenters. The molecule has 0 heterocycles. The molecule has 6 heteroatoms. The van der Waals surface area contributed by atoms with Crippen LogP contribution in [0, 0.1) is 18.8 Å². The molecule has 2 amide bonds. The lowest BCUT2D eigenvalue weighted by atomic mass is 9.95. The summed E-state index contributed by atoms with van der Waals surface area (Å²) in [5.41, 5.74) is 6.69. The largest absolute Gasteiger partial charge is 0.481 e. The lowest BCUT2D eigenvalue weighted by Crippen LogP contribution is -2.30. The first-order valence-corrected chi connectivity index (χ1v) is 6.85. The molecule has 2 rings (SSSR count). The second-order valence-corrected chi connectivity index (χ2v) is 5.31. The first kappa shape index (κ1) is 15.0. The smallest absolute Gasteiger partial charge is 0.307 e. The van der Waals surface area contributed by atoms with E-state index in [0.717, 1.165) is 6.42 Å². The highest BCUT2D eigenvalue weighted by atomic mass is 16.4. The fourth-order valence-corrected chi connectivity index (χ4v) is 2.83. The van der Waals surface area contributed by atoms with E-state index in [1.807, 2.05) is 0 Å². The van der Waals surface area contributed by atoms with Gasteiger partial charge >= 0.3 is 5.97 Å². The maximum Gasteiger partial charge on any atom is 0.307 e. The third-order valence-corrected chi connectivity index (χ3v) is 4.03. The number of benzene rings is 1. The van der Waals surface area contributed by atoms with Crippen molar-refractivity contribution in [1.29, 1.82) is 0 Å². The van der Waals surface area contributed by atoms with Crippen molar-refractivity contribution in [1.82, 2.24) is 0 Å². The van der Waals surface area contributed by atoms with E-state index in [-0.39, 0.29) is 5.91 Å². The minimum atomic E-state index is -0.935. The average molecular weight is 290 g/mol. The van der Waals surface area contributed by atoms with Crippen molar-refractivity contribution in [3.05, 3.63) is 29.3 Å². The Bertz CT molecular complexity index is 597. The zero-order valence-corrected chi connectivity index (χ0v) is 11.8. The van der Waals surface area contributed by atoms with Crippen molar-refractivity contribution >= 4 is 23.5 Å². The Labute approximate surface area is 122 Å². The van der Waals surface area contributed by atoms with Gasteiger partial charge in [0.2, 0.25) is 11.8 Å². The molecule has 2 atom stereocenters. The van der Waals surface area contributed by atoms with Gasteiger partial charge in [0.05, 0.1) is 11.8 Å². The Balaban J connectivity index is 2.18. The number of nitrogens with one attached hydrogen (secondary N) is 1. The van der Waals surface area contributed by atoms with Crippen LogP contribution in [0.2, 0.25) is 0 Å². The predicted molar refractivity (Wildman–Crippen MR) is 76.8 cm³/mol. The Morgan fingerprint density at radius 2 is 1.90 bits per heavy atom. The van der Waals surface area contributed by atoms with E-state index in [1.54, 1.807) is 25.1 Å². The SMILES string of the molecule is Cc1c(NC(=O)C2CCCC2C(=O)O)cccc1C(N)=O. The molecular formula is C15H18N2O4. The summed E-state index contributed by atoms with van der Waals surface area (Å²) < 4.78 is 0. The van der Waals surface area contributed by atoms with Crippen LogP contribution >= 0.6 is 0 Å². The Morgan fingerprint density at radius 1 is 1.24 bits per heavy atom. The molecule has 21 heavy (non-hydrogen) atoms. The van der Waals surface area contributed by atoms with Crippen LogP contribution in [-0.2, 0) is 9.59 Å². The Morgan fingerprint density at radius 3 is 2.52 bits per heavy atom. The van der Waals surface area contributed by atoms with Gasteiger partial charge in [0.25, 0.3) is 0 Å². The molecular weight excluding hydrogens is 272 g/mol. The quantitative estimate of drug-likeness (QED) is 0.781. The van der Waals surface area contributed by atoms with Crippen LogP contribution in [0.4, 0.5) is 5.69 Å². The van der Waals surface area contributed by atoms with Gasteiger partial charge in [0.15, 0.2) is 0 Å². The molecule has 0 aliphatic heterocycles. The van der Waals surface area contributed by atoms with Gasteiger partial charge in [-0.3, -0.25) is 14.4 Å². The third kappa shape index (κ3) is 3.04. The summed E-state index contributed by atoms with van der Waals surface area (Å²) in [7, 11) is 0. The highest BCUT2D eigenvalue weighted by molar-refractivity contribution is 6.00. The van der Waals surface area contributed by atoms with Crippen LogP contribution in [-0.4, -0.2) is 22.9 Å².